The van der Waals surface area contributed by atoms with Crippen molar-refractivity contribution in [2.75, 3.05) is 5.73 Å². The van der Waals surface area contributed by atoms with Crippen molar-refractivity contribution in [3.63, 3.8) is 0 Å². The van der Waals surface area contributed by atoms with Crippen molar-refractivity contribution in [3.05, 3.63) is 35.0 Å². The van der Waals surface area contributed by atoms with Crippen LogP contribution in [0, 0.1) is 0 Å². The van der Waals surface area contributed by atoms with Crippen molar-refractivity contribution in [2.45, 2.75) is 0 Å². The first-order chi connectivity index (χ1) is 6.27. The molecule has 0 unspecified atom stereocenters. The third-order valence-electron chi connectivity index (χ3n) is 1.88. The number of phenols is 1. The van der Waals surface area contributed by atoms with E-state index in [9.17, 15) is 5.11 Å². The highest BCUT2D eigenvalue weighted by Crippen LogP contribution is 2.28. The van der Waals surface area contributed by atoms with E-state index in [0.717, 1.165) is 11.1 Å². The van der Waals surface area contributed by atoms with Crippen LogP contribution in [0.25, 0.3) is 11.1 Å². The summed E-state index contributed by atoms with van der Waals surface area (Å²) >= 11 is 1.63. The Bertz CT molecular complexity index is 414. The molecule has 0 amide bonds. The summed E-state index contributed by atoms with van der Waals surface area (Å²) in [4.78, 5) is 0. The molecule has 0 atom stereocenters. The highest BCUT2D eigenvalue weighted by molar-refractivity contribution is 7.08. The first-order valence-corrected chi connectivity index (χ1v) is 4.83. The minimum atomic E-state index is 0. The normalized spacial score (nSPS) is 9.43. The summed E-state index contributed by atoms with van der Waals surface area (Å²) in [5.41, 5.74) is 8.02. The van der Waals surface area contributed by atoms with Crippen LogP contribution in [0.4, 0.5) is 5.69 Å². The second-order valence-corrected chi connectivity index (χ2v) is 3.57. The van der Waals surface area contributed by atoms with Gasteiger partial charge in [-0.15, -0.1) is 12.4 Å². The van der Waals surface area contributed by atoms with E-state index in [1.54, 1.807) is 23.5 Å². The third-order valence-corrected chi connectivity index (χ3v) is 2.57. The van der Waals surface area contributed by atoms with Gasteiger partial charge in [-0.2, -0.15) is 11.3 Å². The van der Waals surface area contributed by atoms with E-state index in [0.29, 0.717) is 5.69 Å². The standard InChI is InChI=1S/C10H9NOS.ClH/c11-9-2-1-7(5-10(9)12)8-3-4-13-6-8;/h1-6,12H,11H2;1H. The molecule has 2 nitrogen and oxygen atoms in total. The Morgan fingerprint density at radius 1 is 1.14 bits per heavy atom. The minimum absolute atomic E-state index is 0. The lowest BCUT2D eigenvalue weighted by Gasteiger charge is -2.01. The molecule has 2 rings (SSSR count). The molecule has 0 aliphatic carbocycles. The van der Waals surface area contributed by atoms with Gasteiger partial charge in [0.25, 0.3) is 0 Å². The number of nitrogens with two attached hydrogens (primary N) is 1. The highest BCUT2D eigenvalue weighted by atomic mass is 35.5. The van der Waals surface area contributed by atoms with Crippen molar-refractivity contribution in [1.29, 1.82) is 0 Å². The van der Waals surface area contributed by atoms with E-state index in [4.69, 9.17) is 5.73 Å². The van der Waals surface area contributed by atoms with Gasteiger partial charge < -0.3 is 10.8 Å². The van der Waals surface area contributed by atoms with Gasteiger partial charge in [-0.05, 0) is 40.1 Å². The number of benzene rings is 1. The molecule has 0 fully saturated rings. The van der Waals surface area contributed by atoms with E-state index in [2.05, 4.69) is 0 Å². The van der Waals surface area contributed by atoms with Crippen molar-refractivity contribution < 1.29 is 5.11 Å². The van der Waals surface area contributed by atoms with Crippen LogP contribution in [0.3, 0.4) is 0 Å². The number of aromatic hydroxyl groups is 1. The van der Waals surface area contributed by atoms with Crippen LogP contribution >= 0.6 is 23.7 Å². The summed E-state index contributed by atoms with van der Waals surface area (Å²) in [6.45, 7) is 0. The Morgan fingerprint density at radius 2 is 1.93 bits per heavy atom. The largest absolute Gasteiger partial charge is 0.506 e. The summed E-state index contributed by atoms with van der Waals surface area (Å²) in [5.74, 6) is 0.142. The molecule has 0 saturated carbocycles. The summed E-state index contributed by atoms with van der Waals surface area (Å²) in [6.07, 6.45) is 0. The van der Waals surface area contributed by atoms with Gasteiger partial charge in [0, 0.05) is 0 Å². The number of halogens is 1. The Hall–Kier alpha value is -1.19. The minimum Gasteiger partial charge on any atom is -0.506 e. The number of rotatable bonds is 1. The van der Waals surface area contributed by atoms with Crippen molar-refractivity contribution in [1.82, 2.24) is 0 Å². The van der Waals surface area contributed by atoms with Gasteiger partial charge in [-0.3, -0.25) is 0 Å². The molecule has 0 radical (unpaired) electrons. The lowest BCUT2D eigenvalue weighted by molar-refractivity contribution is 0.478. The van der Waals surface area contributed by atoms with Crippen molar-refractivity contribution >= 4 is 29.4 Å². The molecule has 1 heterocycles. The molecule has 0 spiro atoms. The first-order valence-electron chi connectivity index (χ1n) is 3.88. The summed E-state index contributed by atoms with van der Waals surface area (Å²) in [7, 11) is 0. The molecule has 74 valence electrons. The van der Waals surface area contributed by atoms with Gasteiger partial charge in [0.15, 0.2) is 0 Å². The Labute approximate surface area is 92.4 Å². The van der Waals surface area contributed by atoms with Crippen LogP contribution in [0.2, 0.25) is 0 Å². The van der Waals surface area contributed by atoms with Crippen LogP contribution in [-0.2, 0) is 0 Å². The molecule has 14 heavy (non-hydrogen) atoms. The van der Waals surface area contributed by atoms with Crippen LogP contribution in [0.5, 0.6) is 5.75 Å². The fourth-order valence-corrected chi connectivity index (χ4v) is 1.82. The third kappa shape index (κ3) is 2.00. The number of thiophene rings is 1. The summed E-state index contributed by atoms with van der Waals surface area (Å²) in [6, 6.07) is 7.30. The number of phenolic OH excluding ortho intramolecular Hbond substituents is 1. The monoisotopic (exact) mass is 227 g/mol. The average Bonchev–Trinajstić information content (AvgIpc) is 2.62. The zero-order valence-electron chi connectivity index (χ0n) is 7.31. The van der Waals surface area contributed by atoms with Gasteiger partial charge >= 0.3 is 0 Å². The summed E-state index contributed by atoms with van der Waals surface area (Å²) < 4.78 is 0. The SMILES string of the molecule is Cl.Nc1ccc(-c2ccsc2)cc1O. The molecule has 1 aromatic heterocycles. The van der Waals surface area contributed by atoms with Gasteiger partial charge in [-0.25, -0.2) is 0 Å². The molecule has 4 heteroatoms. The van der Waals surface area contributed by atoms with E-state index >= 15 is 0 Å². The van der Waals surface area contributed by atoms with Gasteiger partial charge in [-0.1, -0.05) is 6.07 Å². The fourth-order valence-electron chi connectivity index (χ4n) is 1.15. The molecule has 1 aromatic carbocycles. The first kappa shape index (κ1) is 10.9. The molecule has 0 aliphatic heterocycles. The zero-order chi connectivity index (χ0) is 9.26. The van der Waals surface area contributed by atoms with Gasteiger partial charge in [0.05, 0.1) is 5.69 Å². The zero-order valence-corrected chi connectivity index (χ0v) is 8.94. The molecule has 0 bridgehead atoms. The number of nitrogen functional groups attached to an aromatic ring is 1. The lowest BCUT2D eigenvalue weighted by Crippen LogP contribution is -1.85. The maximum Gasteiger partial charge on any atom is 0.139 e. The van der Waals surface area contributed by atoms with E-state index in [1.165, 1.54) is 0 Å². The molecule has 2 aromatic rings. The van der Waals surface area contributed by atoms with Crippen molar-refractivity contribution in [3.8, 4) is 16.9 Å². The molecular weight excluding hydrogens is 218 g/mol. The predicted molar refractivity (Wildman–Crippen MR) is 63.1 cm³/mol. The average molecular weight is 228 g/mol. The van der Waals surface area contributed by atoms with E-state index < -0.39 is 0 Å². The van der Waals surface area contributed by atoms with Gasteiger partial charge in [0.1, 0.15) is 5.75 Å². The lowest BCUT2D eigenvalue weighted by atomic mass is 10.1. The molecule has 0 saturated heterocycles. The fraction of sp³-hybridized carbons (Fsp3) is 0. The molecule has 3 N–H and O–H groups in total. The van der Waals surface area contributed by atoms with Crippen molar-refractivity contribution in [2.24, 2.45) is 0 Å². The topological polar surface area (TPSA) is 46.2 Å². The number of hydrogen-bond acceptors (Lipinski definition) is 3. The second-order valence-electron chi connectivity index (χ2n) is 2.79. The Morgan fingerprint density at radius 3 is 2.50 bits per heavy atom. The Kier molecular flexibility index (Phi) is 3.38. The van der Waals surface area contributed by atoms with E-state index in [-0.39, 0.29) is 18.2 Å². The second kappa shape index (κ2) is 4.35. The molecular formula is C10H10ClNOS. The highest BCUT2D eigenvalue weighted by Gasteiger charge is 2.01. The van der Waals surface area contributed by atoms with E-state index in [1.807, 2.05) is 22.9 Å². The maximum atomic E-state index is 9.38. The Balaban J connectivity index is 0.000000980. The van der Waals surface area contributed by atoms with Gasteiger partial charge in [0.2, 0.25) is 0 Å². The van der Waals surface area contributed by atoms with Crippen LogP contribution < -0.4 is 5.73 Å². The maximum absolute atomic E-state index is 9.38. The number of anilines is 1. The quantitative estimate of drug-likeness (QED) is 0.581. The van der Waals surface area contributed by atoms with Crippen LogP contribution in [-0.4, -0.2) is 5.11 Å². The molecule has 0 aliphatic rings. The number of hydrogen-bond donors (Lipinski definition) is 2. The predicted octanol–water partition coefficient (Wildman–Crippen LogP) is 3.12. The van der Waals surface area contributed by atoms with Crippen LogP contribution in [0.1, 0.15) is 0 Å². The summed E-state index contributed by atoms with van der Waals surface area (Å²) in [5, 5.41) is 13.4. The van der Waals surface area contributed by atoms with Crippen LogP contribution in [0.15, 0.2) is 35.0 Å². The smallest absolute Gasteiger partial charge is 0.139 e.